The van der Waals surface area contributed by atoms with Gasteiger partial charge in [0, 0.05) is 51.5 Å². The topological polar surface area (TPSA) is 58.1 Å². The Morgan fingerprint density at radius 1 is 0.964 bits per heavy atom. The van der Waals surface area contributed by atoms with Crippen molar-refractivity contribution in [2.75, 3.05) is 50.8 Å². The minimum absolute atomic E-state index is 0.0258. The molecule has 1 aromatic heterocycles. The number of amides is 1. The van der Waals surface area contributed by atoms with E-state index in [2.05, 4.69) is 20.9 Å². The fraction of sp³-hybridized carbons (Fsp3) is 0.429. The van der Waals surface area contributed by atoms with Gasteiger partial charge < -0.3 is 19.3 Å². The smallest absolute Gasteiger partial charge is 0.267 e. The lowest BCUT2D eigenvalue weighted by molar-refractivity contribution is -0.148. The Labute approximate surface area is 164 Å². The average molecular weight is 380 g/mol. The lowest BCUT2D eigenvalue weighted by atomic mass is 10.0. The van der Waals surface area contributed by atoms with E-state index in [1.807, 2.05) is 47.5 Å². The minimum Gasteiger partial charge on any atom is -0.485 e. The first-order chi connectivity index (χ1) is 13.8. The number of hydrogen-bond acceptors (Lipinski definition) is 6. The molecule has 0 bridgehead atoms. The Hall–Kier alpha value is -2.80. The first kappa shape index (κ1) is 17.3. The molecule has 7 nitrogen and oxygen atoms in total. The van der Waals surface area contributed by atoms with E-state index >= 15 is 0 Å². The van der Waals surface area contributed by atoms with Gasteiger partial charge in [-0.25, -0.2) is 4.98 Å². The number of nitrogens with zero attached hydrogens (tertiary/aromatic N) is 4. The Morgan fingerprint density at radius 3 is 2.46 bits per heavy atom. The normalized spacial score (nSPS) is 22.6. The lowest BCUT2D eigenvalue weighted by Gasteiger charge is -2.49. The van der Waals surface area contributed by atoms with Crippen LogP contribution in [0.5, 0.6) is 11.5 Å². The lowest BCUT2D eigenvalue weighted by Crippen LogP contribution is -2.66. The van der Waals surface area contributed by atoms with Gasteiger partial charge >= 0.3 is 0 Å². The van der Waals surface area contributed by atoms with Crippen molar-refractivity contribution in [2.24, 2.45) is 0 Å². The van der Waals surface area contributed by atoms with Crippen LogP contribution < -0.4 is 14.4 Å². The van der Waals surface area contributed by atoms with Gasteiger partial charge in [-0.05, 0) is 24.3 Å². The van der Waals surface area contributed by atoms with Crippen molar-refractivity contribution in [3.63, 3.8) is 0 Å². The van der Waals surface area contributed by atoms with E-state index in [9.17, 15) is 4.79 Å². The van der Waals surface area contributed by atoms with E-state index in [0.717, 1.165) is 45.1 Å². The molecular formula is C21H24N4O3. The second-order valence-electron chi connectivity index (χ2n) is 7.47. The molecule has 0 aliphatic carbocycles. The molecule has 146 valence electrons. The molecule has 0 spiro atoms. The van der Waals surface area contributed by atoms with Gasteiger partial charge in [0.2, 0.25) is 6.10 Å². The van der Waals surface area contributed by atoms with Crippen molar-refractivity contribution in [3.8, 4) is 11.5 Å². The fourth-order valence-electron chi connectivity index (χ4n) is 4.07. The Morgan fingerprint density at radius 2 is 1.71 bits per heavy atom. The van der Waals surface area contributed by atoms with Crippen molar-refractivity contribution in [1.29, 1.82) is 0 Å². The highest BCUT2D eigenvalue weighted by Gasteiger charge is 2.40. The summed E-state index contributed by atoms with van der Waals surface area (Å²) in [7, 11) is 0. The van der Waals surface area contributed by atoms with E-state index in [-0.39, 0.29) is 12.5 Å². The van der Waals surface area contributed by atoms with Gasteiger partial charge in [-0.1, -0.05) is 18.2 Å². The third kappa shape index (κ3) is 3.26. The molecule has 0 saturated carbocycles. The first-order valence-corrected chi connectivity index (χ1v) is 9.85. The maximum Gasteiger partial charge on any atom is 0.267 e. The van der Waals surface area contributed by atoms with Crippen LogP contribution in [0.25, 0.3) is 0 Å². The van der Waals surface area contributed by atoms with Gasteiger partial charge in [-0.2, -0.15) is 0 Å². The van der Waals surface area contributed by atoms with E-state index in [1.165, 1.54) is 0 Å². The van der Waals surface area contributed by atoms with Gasteiger partial charge in [-0.15, -0.1) is 0 Å². The molecular weight excluding hydrogens is 356 g/mol. The summed E-state index contributed by atoms with van der Waals surface area (Å²) in [5, 5.41) is 0. The molecule has 1 atom stereocenters. The number of carbonyl (C=O) groups is 1. The summed E-state index contributed by atoms with van der Waals surface area (Å²) in [6.07, 6.45) is 1.30. The Kier molecular flexibility index (Phi) is 4.52. The maximum atomic E-state index is 12.7. The number of ether oxygens (including phenoxy) is 2. The van der Waals surface area contributed by atoms with Crippen LogP contribution in [0.1, 0.15) is 0 Å². The van der Waals surface area contributed by atoms with Crippen LogP contribution in [-0.2, 0) is 4.79 Å². The number of rotatable bonds is 3. The molecule has 2 saturated heterocycles. The maximum absolute atomic E-state index is 12.7. The number of hydrogen-bond donors (Lipinski definition) is 0. The van der Waals surface area contributed by atoms with Gasteiger partial charge in [0.25, 0.3) is 5.91 Å². The van der Waals surface area contributed by atoms with Crippen molar-refractivity contribution >= 4 is 11.7 Å². The van der Waals surface area contributed by atoms with Crippen molar-refractivity contribution < 1.29 is 14.3 Å². The van der Waals surface area contributed by atoms with Crippen LogP contribution in [0, 0.1) is 0 Å². The molecule has 5 rings (SSSR count). The Balaban J connectivity index is 1.11. The second-order valence-corrected chi connectivity index (χ2v) is 7.47. The monoisotopic (exact) mass is 380 g/mol. The van der Waals surface area contributed by atoms with Crippen LogP contribution in [0.2, 0.25) is 0 Å². The molecule has 2 fully saturated rings. The third-order valence-corrected chi connectivity index (χ3v) is 5.76. The molecule has 0 radical (unpaired) electrons. The molecule has 3 aliphatic rings. The summed E-state index contributed by atoms with van der Waals surface area (Å²) in [6.45, 7) is 5.75. The molecule has 28 heavy (non-hydrogen) atoms. The van der Waals surface area contributed by atoms with E-state index in [4.69, 9.17) is 9.47 Å². The number of anilines is 1. The van der Waals surface area contributed by atoms with E-state index < -0.39 is 6.10 Å². The number of likely N-dealkylation sites (tertiary alicyclic amines) is 1. The van der Waals surface area contributed by atoms with Crippen LogP contribution >= 0.6 is 0 Å². The van der Waals surface area contributed by atoms with Crippen LogP contribution in [0.3, 0.4) is 0 Å². The van der Waals surface area contributed by atoms with Gasteiger partial charge in [0.15, 0.2) is 11.5 Å². The summed E-state index contributed by atoms with van der Waals surface area (Å²) in [6, 6.07) is 14.0. The van der Waals surface area contributed by atoms with Gasteiger partial charge in [-0.3, -0.25) is 9.69 Å². The molecule has 1 unspecified atom stereocenters. The predicted octanol–water partition coefficient (Wildman–Crippen LogP) is 1.25. The van der Waals surface area contributed by atoms with Crippen molar-refractivity contribution in [2.45, 2.75) is 12.1 Å². The Bertz CT molecular complexity index is 833. The number of para-hydroxylation sites is 2. The predicted molar refractivity (Wildman–Crippen MR) is 105 cm³/mol. The fourth-order valence-corrected chi connectivity index (χ4v) is 4.07. The number of benzene rings is 1. The largest absolute Gasteiger partial charge is 0.485 e. The summed E-state index contributed by atoms with van der Waals surface area (Å²) in [5.74, 6) is 2.42. The highest BCUT2D eigenvalue weighted by Crippen LogP contribution is 2.32. The van der Waals surface area contributed by atoms with Crippen LogP contribution in [0.4, 0.5) is 5.82 Å². The highest BCUT2D eigenvalue weighted by molar-refractivity contribution is 5.82. The van der Waals surface area contributed by atoms with E-state index in [1.54, 1.807) is 0 Å². The van der Waals surface area contributed by atoms with Crippen molar-refractivity contribution in [1.82, 2.24) is 14.8 Å². The van der Waals surface area contributed by atoms with Gasteiger partial charge in [0.05, 0.1) is 0 Å². The van der Waals surface area contributed by atoms with Crippen LogP contribution in [-0.4, -0.2) is 78.7 Å². The number of fused-ring (bicyclic) bond motifs is 1. The molecule has 4 heterocycles. The number of aromatic nitrogens is 1. The zero-order valence-corrected chi connectivity index (χ0v) is 15.7. The van der Waals surface area contributed by atoms with Gasteiger partial charge in [0.1, 0.15) is 12.4 Å². The summed E-state index contributed by atoms with van der Waals surface area (Å²) < 4.78 is 11.5. The standard InChI is InChI=1S/C21H24N4O3/c26-21(19-15-27-17-5-1-2-6-18(17)28-19)25-13-16(14-25)23-9-11-24(12-10-23)20-7-3-4-8-22-20/h1-8,16,19H,9-15H2. The molecule has 2 aromatic rings. The number of carbonyl (C=O) groups excluding carboxylic acids is 1. The minimum atomic E-state index is -0.545. The summed E-state index contributed by atoms with van der Waals surface area (Å²) >= 11 is 0. The number of pyridine rings is 1. The quantitative estimate of drug-likeness (QED) is 0.799. The molecule has 7 heteroatoms. The molecule has 1 aromatic carbocycles. The van der Waals surface area contributed by atoms with E-state index in [0.29, 0.717) is 17.5 Å². The average Bonchev–Trinajstić information content (AvgIpc) is 2.73. The zero-order chi connectivity index (χ0) is 18.9. The molecule has 3 aliphatic heterocycles. The SMILES string of the molecule is O=C(C1COc2ccccc2O1)N1CC(N2CCN(c3ccccn3)CC2)C1. The van der Waals surface area contributed by atoms with Crippen molar-refractivity contribution in [3.05, 3.63) is 48.7 Å². The zero-order valence-electron chi connectivity index (χ0n) is 15.7. The first-order valence-electron chi connectivity index (χ1n) is 9.85. The number of piperazine rings is 1. The highest BCUT2D eigenvalue weighted by atomic mass is 16.6. The van der Waals surface area contributed by atoms with Crippen LogP contribution in [0.15, 0.2) is 48.7 Å². The third-order valence-electron chi connectivity index (χ3n) is 5.76. The molecule has 0 N–H and O–H groups in total. The molecule has 1 amide bonds. The summed E-state index contributed by atoms with van der Waals surface area (Å²) in [4.78, 5) is 23.9. The summed E-state index contributed by atoms with van der Waals surface area (Å²) in [5.41, 5.74) is 0. The second kappa shape index (κ2) is 7.31.